The molecule has 0 unspecified atom stereocenters. The van der Waals surface area contributed by atoms with E-state index in [-0.39, 0.29) is 0 Å². The van der Waals surface area contributed by atoms with Crippen LogP contribution in [0, 0.1) is 0 Å². The number of rotatable bonds is 7. The monoisotopic (exact) mass is 590 g/mol. The number of pyridine rings is 2. The van der Waals surface area contributed by atoms with Crippen LogP contribution in [0.5, 0.6) is 0 Å². The van der Waals surface area contributed by atoms with Crippen LogP contribution < -0.4 is 0 Å². The van der Waals surface area contributed by atoms with Crippen LogP contribution >= 0.6 is 0 Å². The third-order valence-electron chi connectivity index (χ3n) is 9.15. The van der Waals surface area contributed by atoms with Crippen molar-refractivity contribution in [2.75, 3.05) is 0 Å². The zero-order valence-corrected chi connectivity index (χ0v) is 25.9. The first-order valence-corrected chi connectivity index (χ1v) is 16.2. The maximum atomic E-state index is 5.12. The van der Waals surface area contributed by atoms with E-state index in [1.54, 1.807) is 0 Å². The van der Waals surface area contributed by atoms with Crippen LogP contribution in [-0.2, 0) is 6.42 Å². The third-order valence-corrected chi connectivity index (χ3v) is 9.15. The number of benzene rings is 6. The Labute approximate surface area is 270 Å². The van der Waals surface area contributed by atoms with Crippen molar-refractivity contribution >= 4 is 32.3 Å². The molecule has 2 heterocycles. The van der Waals surface area contributed by atoms with E-state index in [4.69, 9.17) is 4.98 Å². The van der Waals surface area contributed by atoms with Crippen LogP contribution in [0.1, 0.15) is 25.3 Å². The summed E-state index contributed by atoms with van der Waals surface area (Å²) in [6.45, 7) is 2.23. The molecule has 0 atom stereocenters. The normalized spacial score (nSPS) is 11.4. The average molecular weight is 591 g/mol. The smallest absolute Gasteiger partial charge is 0.0727 e. The van der Waals surface area contributed by atoms with Crippen LogP contribution in [-0.4, -0.2) is 9.97 Å². The minimum absolute atomic E-state index is 0.974. The van der Waals surface area contributed by atoms with E-state index in [0.29, 0.717) is 0 Å². The fraction of sp³-hybridized carbons (Fsp3) is 0.0909. The van der Waals surface area contributed by atoms with Crippen molar-refractivity contribution in [2.24, 2.45) is 0 Å². The van der Waals surface area contributed by atoms with Crippen molar-refractivity contribution in [3.8, 4) is 44.8 Å². The molecule has 0 saturated heterocycles. The minimum Gasteiger partial charge on any atom is -0.264 e. The Morgan fingerprint density at radius 2 is 1.09 bits per heavy atom. The van der Waals surface area contributed by atoms with E-state index in [2.05, 4.69) is 151 Å². The zero-order chi connectivity index (χ0) is 30.9. The standard InChI is InChI=1S/C44H34N2/c1-2-3-12-30-25-26-45-29-40(30)42-20-11-19-41(46-42)34-23-21-33-28-35(24-22-32(33)27-34)44-38-17-9-7-15-36(38)43(31-13-5-4-6-14-31)37-16-8-10-18-39(37)44/h4-11,13-29H,2-3,12H2,1H3. The van der Waals surface area contributed by atoms with Gasteiger partial charge in [-0.05, 0) is 103 Å². The minimum atomic E-state index is 0.974. The van der Waals surface area contributed by atoms with E-state index >= 15 is 0 Å². The Kier molecular flexibility index (Phi) is 7.32. The van der Waals surface area contributed by atoms with Gasteiger partial charge < -0.3 is 0 Å². The summed E-state index contributed by atoms with van der Waals surface area (Å²) in [6.07, 6.45) is 7.21. The fourth-order valence-corrected chi connectivity index (χ4v) is 6.90. The summed E-state index contributed by atoms with van der Waals surface area (Å²) in [4.78, 5) is 9.54. The lowest BCUT2D eigenvalue weighted by Crippen LogP contribution is -1.95. The molecule has 0 spiro atoms. The predicted octanol–water partition coefficient (Wildman–Crippen LogP) is 11.9. The molecule has 0 bridgehead atoms. The lowest BCUT2D eigenvalue weighted by atomic mass is 9.85. The summed E-state index contributed by atoms with van der Waals surface area (Å²) in [5, 5.41) is 7.50. The van der Waals surface area contributed by atoms with Gasteiger partial charge in [-0.1, -0.05) is 123 Å². The molecule has 2 nitrogen and oxygen atoms in total. The largest absolute Gasteiger partial charge is 0.264 e. The quantitative estimate of drug-likeness (QED) is 0.173. The van der Waals surface area contributed by atoms with Crippen LogP contribution in [0.15, 0.2) is 152 Å². The lowest BCUT2D eigenvalue weighted by molar-refractivity contribution is 0.794. The molecule has 2 aromatic heterocycles. The van der Waals surface area contributed by atoms with Crippen LogP contribution in [0.25, 0.3) is 77.1 Å². The molecule has 6 aromatic carbocycles. The van der Waals surface area contributed by atoms with Gasteiger partial charge in [-0.3, -0.25) is 4.98 Å². The van der Waals surface area contributed by atoms with E-state index in [1.807, 2.05) is 12.4 Å². The Bertz CT molecular complexity index is 2300. The summed E-state index contributed by atoms with van der Waals surface area (Å²) in [5.74, 6) is 0. The molecule has 8 aromatic rings. The number of unbranched alkanes of at least 4 members (excludes halogenated alkanes) is 1. The second-order valence-electron chi connectivity index (χ2n) is 12.0. The summed E-state index contributed by atoms with van der Waals surface area (Å²) in [6, 6.07) is 50.5. The molecule has 0 amide bonds. The Balaban J connectivity index is 1.23. The summed E-state index contributed by atoms with van der Waals surface area (Å²) < 4.78 is 0. The highest BCUT2D eigenvalue weighted by atomic mass is 14.7. The third kappa shape index (κ3) is 5.02. The van der Waals surface area contributed by atoms with Gasteiger partial charge in [0.1, 0.15) is 0 Å². The Hall–Kier alpha value is -5.60. The molecule has 0 aliphatic rings. The van der Waals surface area contributed by atoms with Crippen molar-refractivity contribution in [3.63, 3.8) is 0 Å². The first kappa shape index (κ1) is 27.9. The maximum absolute atomic E-state index is 5.12. The molecular weight excluding hydrogens is 556 g/mol. The Morgan fingerprint density at radius 1 is 0.500 bits per heavy atom. The lowest BCUT2D eigenvalue weighted by Gasteiger charge is -2.18. The van der Waals surface area contributed by atoms with E-state index in [1.165, 1.54) is 66.6 Å². The van der Waals surface area contributed by atoms with E-state index in [9.17, 15) is 0 Å². The number of hydrogen-bond acceptors (Lipinski definition) is 2. The summed E-state index contributed by atoms with van der Waals surface area (Å²) >= 11 is 0. The first-order chi connectivity index (χ1) is 22.8. The molecule has 220 valence electrons. The van der Waals surface area contributed by atoms with Crippen molar-refractivity contribution in [3.05, 3.63) is 157 Å². The molecule has 0 fully saturated rings. The van der Waals surface area contributed by atoms with Crippen LogP contribution in [0.2, 0.25) is 0 Å². The van der Waals surface area contributed by atoms with Gasteiger partial charge in [-0.25, -0.2) is 4.98 Å². The van der Waals surface area contributed by atoms with Crippen molar-refractivity contribution in [2.45, 2.75) is 26.2 Å². The number of fused-ring (bicyclic) bond motifs is 3. The van der Waals surface area contributed by atoms with E-state index in [0.717, 1.165) is 35.4 Å². The highest BCUT2D eigenvalue weighted by Crippen LogP contribution is 2.44. The Morgan fingerprint density at radius 3 is 1.76 bits per heavy atom. The highest BCUT2D eigenvalue weighted by molar-refractivity contribution is 6.21. The van der Waals surface area contributed by atoms with Crippen molar-refractivity contribution in [1.29, 1.82) is 0 Å². The van der Waals surface area contributed by atoms with Crippen molar-refractivity contribution < 1.29 is 0 Å². The van der Waals surface area contributed by atoms with Gasteiger partial charge in [-0.2, -0.15) is 0 Å². The molecule has 2 heteroatoms. The molecule has 0 radical (unpaired) electrons. The second kappa shape index (κ2) is 12.1. The van der Waals surface area contributed by atoms with E-state index < -0.39 is 0 Å². The zero-order valence-electron chi connectivity index (χ0n) is 25.9. The van der Waals surface area contributed by atoms with Gasteiger partial charge in [0.15, 0.2) is 0 Å². The predicted molar refractivity (Wildman–Crippen MR) is 195 cm³/mol. The molecule has 0 aliphatic heterocycles. The van der Waals surface area contributed by atoms with Gasteiger partial charge >= 0.3 is 0 Å². The van der Waals surface area contributed by atoms with Crippen LogP contribution in [0.3, 0.4) is 0 Å². The van der Waals surface area contributed by atoms with Gasteiger partial charge in [-0.15, -0.1) is 0 Å². The number of aryl methyl sites for hydroxylation is 1. The maximum Gasteiger partial charge on any atom is 0.0727 e. The van der Waals surface area contributed by atoms with Crippen molar-refractivity contribution in [1.82, 2.24) is 9.97 Å². The average Bonchev–Trinajstić information content (AvgIpc) is 3.13. The number of aromatic nitrogens is 2. The topological polar surface area (TPSA) is 25.8 Å². The number of nitrogens with zero attached hydrogens (tertiary/aromatic N) is 2. The van der Waals surface area contributed by atoms with Gasteiger partial charge in [0.2, 0.25) is 0 Å². The SMILES string of the molecule is CCCCc1ccncc1-c1cccc(-c2ccc3cc(-c4c5ccccc5c(-c5ccccc5)c5ccccc45)ccc3c2)n1. The summed E-state index contributed by atoms with van der Waals surface area (Å²) in [5.41, 5.74) is 10.5. The van der Waals surface area contributed by atoms with Gasteiger partial charge in [0, 0.05) is 23.5 Å². The fourth-order valence-electron chi connectivity index (χ4n) is 6.90. The molecule has 0 saturated carbocycles. The number of hydrogen-bond donors (Lipinski definition) is 0. The molecule has 0 aliphatic carbocycles. The molecule has 8 rings (SSSR count). The highest BCUT2D eigenvalue weighted by Gasteiger charge is 2.17. The van der Waals surface area contributed by atoms with Gasteiger partial charge in [0.05, 0.1) is 11.4 Å². The van der Waals surface area contributed by atoms with Gasteiger partial charge in [0.25, 0.3) is 0 Å². The summed E-state index contributed by atoms with van der Waals surface area (Å²) in [7, 11) is 0. The molecule has 46 heavy (non-hydrogen) atoms. The second-order valence-corrected chi connectivity index (χ2v) is 12.0. The first-order valence-electron chi connectivity index (χ1n) is 16.2. The van der Waals surface area contributed by atoms with Crippen LogP contribution in [0.4, 0.5) is 0 Å². The molecular formula is C44H34N2. The molecule has 0 N–H and O–H groups in total.